The number of nitrogens with zero attached hydrogens (tertiary/aromatic N) is 1. The van der Waals surface area contributed by atoms with Gasteiger partial charge in [0.25, 0.3) is 0 Å². The highest BCUT2D eigenvalue weighted by Crippen LogP contribution is 2.26. The molecule has 0 bridgehead atoms. The van der Waals surface area contributed by atoms with Gasteiger partial charge in [0.15, 0.2) is 0 Å². The van der Waals surface area contributed by atoms with Crippen LogP contribution in [-0.2, 0) is 22.6 Å². The van der Waals surface area contributed by atoms with E-state index in [9.17, 15) is 9.59 Å². The van der Waals surface area contributed by atoms with Crippen LogP contribution in [0.25, 0.3) is 0 Å². The molecule has 1 N–H and O–H groups in total. The minimum absolute atomic E-state index is 0.114. The monoisotopic (exact) mass is 540 g/mol. The van der Waals surface area contributed by atoms with Crippen molar-refractivity contribution in [2.45, 2.75) is 55.6 Å². The second kappa shape index (κ2) is 13.2. The molecule has 1 saturated carbocycles. The van der Waals surface area contributed by atoms with E-state index in [1.54, 1.807) is 17.0 Å². The summed E-state index contributed by atoms with van der Waals surface area (Å²) < 4.78 is 0. The largest absolute Gasteiger partial charge is 0.352 e. The highest BCUT2D eigenvalue weighted by atomic mass is 35.5. The van der Waals surface area contributed by atoms with Crippen LogP contribution in [0.1, 0.15) is 36.8 Å². The van der Waals surface area contributed by atoms with E-state index in [0.717, 1.165) is 41.7 Å². The zero-order valence-corrected chi connectivity index (χ0v) is 22.4. The molecule has 0 aliphatic heterocycles. The summed E-state index contributed by atoms with van der Waals surface area (Å²) in [6.07, 6.45) is 4.61. The van der Waals surface area contributed by atoms with Gasteiger partial charge in [-0.2, -0.15) is 0 Å². The van der Waals surface area contributed by atoms with E-state index in [1.165, 1.54) is 11.8 Å². The Hall–Kier alpha value is -2.47. The summed E-state index contributed by atoms with van der Waals surface area (Å²) in [5.74, 6) is -0.0108. The van der Waals surface area contributed by atoms with Gasteiger partial charge in [-0.1, -0.05) is 90.6 Å². The van der Waals surface area contributed by atoms with Crippen LogP contribution in [0.4, 0.5) is 0 Å². The SMILES string of the molecule is O=C(NC1CCCC1)[C@@H](Cc1ccccc1)N(Cc1ccc(Cl)cc1Cl)C(=O)CSc1ccccc1. The molecule has 3 aromatic carbocycles. The second-order valence-corrected chi connectivity index (χ2v) is 10.9. The molecule has 0 aromatic heterocycles. The van der Waals surface area contributed by atoms with Crippen LogP contribution < -0.4 is 5.32 Å². The van der Waals surface area contributed by atoms with E-state index < -0.39 is 6.04 Å². The predicted molar refractivity (Wildman–Crippen MR) is 149 cm³/mol. The van der Waals surface area contributed by atoms with E-state index in [0.29, 0.717) is 16.5 Å². The molecule has 188 valence electrons. The number of hydrogen-bond acceptors (Lipinski definition) is 3. The average Bonchev–Trinajstić information content (AvgIpc) is 3.40. The number of rotatable bonds is 10. The van der Waals surface area contributed by atoms with Gasteiger partial charge in [0.2, 0.25) is 11.8 Å². The Bertz CT molecular complexity index is 1150. The first-order valence-corrected chi connectivity index (χ1v) is 14.0. The standard InChI is InChI=1S/C29H30Cl2N2O2S/c30-23-16-15-22(26(31)18-23)19-33(28(34)20-36-25-13-5-2-6-14-25)27(17-21-9-3-1-4-10-21)29(35)32-24-11-7-8-12-24/h1-6,9-10,13-16,18,24,27H,7-8,11-12,17,19-20H2,(H,32,35)/t27-/m1/s1. The Morgan fingerprint density at radius 2 is 1.61 bits per heavy atom. The van der Waals surface area contributed by atoms with Crippen molar-refractivity contribution < 1.29 is 9.59 Å². The minimum atomic E-state index is -0.663. The van der Waals surface area contributed by atoms with Crippen molar-refractivity contribution in [1.29, 1.82) is 0 Å². The number of amides is 2. The molecule has 1 aliphatic rings. The van der Waals surface area contributed by atoms with Gasteiger partial charge in [-0.15, -0.1) is 11.8 Å². The van der Waals surface area contributed by atoms with Crippen LogP contribution in [0.15, 0.2) is 83.8 Å². The first-order chi connectivity index (χ1) is 17.5. The fraction of sp³-hybridized carbons (Fsp3) is 0.310. The van der Waals surface area contributed by atoms with E-state index in [-0.39, 0.29) is 30.2 Å². The molecular formula is C29H30Cl2N2O2S. The number of carbonyl (C=O) groups excluding carboxylic acids is 2. The Labute approximate surface area is 227 Å². The van der Waals surface area contributed by atoms with Gasteiger partial charge < -0.3 is 10.2 Å². The number of thioether (sulfide) groups is 1. The normalized spacial score (nSPS) is 14.4. The summed E-state index contributed by atoms with van der Waals surface area (Å²) in [4.78, 5) is 30.1. The molecule has 0 heterocycles. The third kappa shape index (κ3) is 7.52. The number of hydrogen-bond donors (Lipinski definition) is 1. The van der Waals surface area contributed by atoms with Crippen LogP contribution >= 0.6 is 35.0 Å². The molecule has 4 nitrogen and oxygen atoms in total. The Morgan fingerprint density at radius 3 is 2.28 bits per heavy atom. The summed E-state index contributed by atoms with van der Waals surface area (Å²) in [5, 5.41) is 4.23. The summed E-state index contributed by atoms with van der Waals surface area (Å²) >= 11 is 14.1. The van der Waals surface area contributed by atoms with Gasteiger partial charge in [-0.05, 0) is 48.2 Å². The second-order valence-electron chi connectivity index (χ2n) is 9.05. The van der Waals surface area contributed by atoms with Crippen molar-refractivity contribution in [3.05, 3.63) is 100 Å². The Balaban J connectivity index is 1.63. The first kappa shape index (κ1) is 26.6. The maximum atomic E-state index is 13.7. The van der Waals surface area contributed by atoms with Gasteiger partial charge in [-0.3, -0.25) is 9.59 Å². The first-order valence-electron chi connectivity index (χ1n) is 12.2. The van der Waals surface area contributed by atoms with Crippen LogP contribution in [0.3, 0.4) is 0 Å². The van der Waals surface area contributed by atoms with Crippen molar-refractivity contribution in [1.82, 2.24) is 10.2 Å². The molecule has 4 rings (SSSR count). The molecule has 0 saturated heterocycles. The number of carbonyl (C=O) groups is 2. The third-order valence-electron chi connectivity index (χ3n) is 6.43. The zero-order chi connectivity index (χ0) is 25.3. The van der Waals surface area contributed by atoms with Crippen molar-refractivity contribution in [2.75, 3.05) is 5.75 Å². The molecule has 3 aromatic rings. The van der Waals surface area contributed by atoms with Gasteiger partial charge in [0, 0.05) is 33.9 Å². The summed E-state index contributed by atoms with van der Waals surface area (Å²) in [6, 6.07) is 24.4. The molecule has 0 spiro atoms. The lowest BCUT2D eigenvalue weighted by atomic mass is 10.0. The molecule has 7 heteroatoms. The summed E-state index contributed by atoms with van der Waals surface area (Å²) in [6.45, 7) is 0.222. The van der Waals surface area contributed by atoms with E-state index in [1.807, 2.05) is 66.7 Å². The molecule has 2 amide bonds. The molecule has 1 aliphatic carbocycles. The van der Waals surface area contributed by atoms with Crippen molar-refractivity contribution in [3.8, 4) is 0 Å². The topological polar surface area (TPSA) is 49.4 Å². The Morgan fingerprint density at radius 1 is 0.944 bits per heavy atom. The van der Waals surface area contributed by atoms with E-state index in [4.69, 9.17) is 23.2 Å². The van der Waals surface area contributed by atoms with Crippen molar-refractivity contribution in [3.63, 3.8) is 0 Å². The van der Waals surface area contributed by atoms with Crippen molar-refractivity contribution in [2.24, 2.45) is 0 Å². The number of nitrogens with one attached hydrogen (secondary N) is 1. The lowest BCUT2D eigenvalue weighted by molar-refractivity contribution is -0.139. The van der Waals surface area contributed by atoms with Gasteiger partial charge in [0.05, 0.1) is 5.75 Å². The van der Waals surface area contributed by atoms with Gasteiger partial charge in [-0.25, -0.2) is 0 Å². The number of benzene rings is 3. The Kier molecular flexibility index (Phi) is 9.74. The lowest BCUT2D eigenvalue weighted by Crippen LogP contribution is -2.52. The lowest BCUT2D eigenvalue weighted by Gasteiger charge is -2.32. The predicted octanol–water partition coefficient (Wildman–Crippen LogP) is 6.78. The highest BCUT2D eigenvalue weighted by Gasteiger charge is 2.32. The van der Waals surface area contributed by atoms with Gasteiger partial charge in [0.1, 0.15) is 6.04 Å². The molecular weight excluding hydrogens is 511 g/mol. The third-order valence-corrected chi connectivity index (χ3v) is 8.02. The molecule has 0 unspecified atom stereocenters. The van der Waals surface area contributed by atoms with Crippen molar-refractivity contribution >= 4 is 46.8 Å². The minimum Gasteiger partial charge on any atom is -0.352 e. The fourth-order valence-electron chi connectivity index (χ4n) is 4.50. The summed E-state index contributed by atoms with van der Waals surface area (Å²) in [7, 11) is 0. The smallest absolute Gasteiger partial charge is 0.243 e. The van der Waals surface area contributed by atoms with Crippen LogP contribution in [0.2, 0.25) is 10.0 Å². The van der Waals surface area contributed by atoms with E-state index >= 15 is 0 Å². The maximum Gasteiger partial charge on any atom is 0.243 e. The zero-order valence-electron chi connectivity index (χ0n) is 20.0. The molecule has 0 radical (unpaired) electrons. The molecule has 1 fully saturated rings. The van der Waals surface area contributed by atoms with Crippen LogP contribution in [-0.4, -0.2) is 34.6 Å². The maximum absolute atomic E-state index is 13.7. The van der Waals surface area contributed by atoms with Gasteiger partial charge >= 0.3 is 0 Å². The fourth-order valence-corrected chi connectivity index (χ4v) is 5.77. The van der Waals surface area contributed by atoms with Crippen LogP contribution in [0.5, 0.6) is 0 Å². The van der Waals surface area contributed by atoms with E-state index in [2.05, 4.69) is 5.32 Å². The quantitative estimate of drug-likeness (QED) is 0.288. The number of halogens is 2. The summed E-state index contributed by atoms with van der Waals surface area (Å²) in [5.41, 5.74) is 1.76. The average molecular weight is 542 g/mol. The molecule has 1 atom stereocenters. The highest BCUT2D eigenvalue weighted by molar-refractivity contribution is 8.00. The molecule has 36 heavy (non-hydrogen) atoms. The van der Waals surface area contributed by atoms with Crippen LogP contribution in [0, 0.1) is 0 Å².